The van der Waals surface area contributed by atoms with Gasteiger partial charge in [-0.1, -0.05) is 0 Å². The number of primary amides is 1. The van der Waals surface area contributed by atoms with Crippen LogP contribution in [0.25, 0.3) is 11.0 Å². The van der Waals surface area contributed by atoms with Gasteiger partial charge in [0.25, 0.3) is 0 Å². The molecule has 1 aromatic carbocycles. The summed E-state index contributed by atoms with van der Waals surface area (Å²) in [7, 11) is 1.40. The molecule has 3 N–H and O–H groups in total. The van der Waals surface area contributed by atoms with E-state index in [4.69, 9.17) is 22.1 Å². The van der Waals surface area contributed by atoms with E-state index < -0.39 is 11.8 Å². The minimum absolute atomic E-state index is 0.143. The highest BCUT2D eigenvalue weighted by Gasteiger charge is 2.14. The second kappa shape index (κ2) is 6.62. The van der Waals surface area contributed by atoms with Gasteiger partial charge in [0.2, 0.25) is 0 Å². The van der Waals surface area contributed by atoms with Gasteiger partial charge in [0.15, 0.2) is 11.6 Å². The van der Waals surface area contributed by atoms with E-state index in [0.717, 1.165) is 11.3 Å². The van der Waals surface area contributed by atoms with Gasteiger partial charge >= 0.3 is 6.03 Å². The summed E-state index contributed by atoms with van der Waals surface area (Å²) in [6, 6.07) is 2.31. The molecule has 2 amide bonds. The van der Waals surface area contributed by atoms with Gasteiger partial charge in [-0.25, -0.2) is 14.2 Å². The van der Waals surface area contributed by atoms with Crippen LogP contribution in [-0.4, -0.2) is 35.1 Å². The molecule has 1 aromatic heterocycles. The molecule has 0 aliphatic carbocycles. The molecule has 0 spiro atoms. The number of fused-ring (bicyclic) bond motifs is 1. The molecule has 1 heterocycles. The highest BCUT2D eigenvalue weighted by molar-refractivity contribution is 6.17. The van der Waals surface area contributed by atoms with Crippen LogP contribution in [0.15, 0.2) is 12.1 Å². The Kier molecular flexibility index (Phi) is 4.85. The van der Waals surface area contributed by atoms with Crippen molar-refractivity contribution in [2.75, 3.05) is 19.5 Å². The molecule has 0 bridgehead atoms. The summed E-state index contributed by atoms with van der Waals surface area (Å²) in [5, 5.41) is 2.51. The number of urea groups is 1. The predicted molar refractivity (Wildman–Crippen MR) is 78.3 cm³/mol. The summed E-state index contributed by atoms with van der Waals surface area (Å²) in [4.78, 5) is 15.1. The number of amides is 2. The number of halogens is 2. The molecule has 0 saturated heterocycles. The van der Waals surface area contributed by atoms with Crippen molar-refractivity contribution in [2.45, 2.75) is 13.0 Å². The third kappa shape index (κ3) is 3.36. The van der Waals surface area contributed by atoms with Crippen LogP contribution in [0.3, 0.4) is 0 Å². The molecular formula is C13H16ClFN4O2. The Bertz CT molecular complexity index is 659. The molecule has 8 heteroatoms. The molecule has 2 aromatic rings. The first-order valence-electron chi connectivity index (χ1n) is 6.38. The van der Waals surface area contributed by atoms with E-state index in [-0.39, 0.29) is 5.75 Å². The van der Waals surface area contributed by atoms with Crippen LogP contribution in [0.5, 0.6) is 5.75 Å². The van der Waals surface area contributed by atoms with Crippen molar-refractivity contribution in [1.29, 1.82) is 0 Å². The van der Waals surface area contributed by atoms with E-state index in [1.54, 1.807) is 6.07 Å². The first kappa shape index (κ1) is 15.4. The van der Waals surface area contributed by atoms with Gasteiger partial charge in [-0.3, -0.25) is 0 Å². The van der Waals surface area contributed by atoms with Gasteiger partial charge in [0.1, 0.15) is 5.82 Å². The van der Waals surface area contributed by atoms with Crippen LogP contribution in [0.1, 0.15) is 5.82 Å². The number of hydrogen-bond donors (Lipinski definition) is 2. The van der Waals surface area contributed by atoms with E-state index in [0.29, 0.717) is 30.9 Å². The summed E-state index contributed by atoms with van der Waals surface area (Å²) in [6.07, 6.45) is 0.538. The first-order chi connectivity index (χ1) is 10.1. The molecular weight excluding hydrogens is 299 g/mol. The highest BCUT2D eigenvalue weighted by atomic mass is 35.5. The van der Waals surface area contributed by atoms with Crippen molar-refractivity contribution in [3.63, 3.8) is 0 Å². The Morgan fingerprint density at radius 3 is 2.95 bits per heavy atom. The number of methoxy groups -OCH3 is 1. The van der Waals surface area contributed by atoms with E-state index in [1.165, 1.54) is 13.2 Å². The van der Waals surface area contributed by atoms with Gasteiger partial charge in [-0.05, 0) is 0 Å². The Labute approximate surface area is 126 Å². The van der Waals surface area contributed by atoms with Gasteiger partial charge in [-0.2, -0.15) is 0 Å². The van der Waals surface area contributed by atoms with Crippen molar-refractivity contribution in [2.24, 2.45) is 5.73 Å². The van der Waals surface area contributed by atoms with Crippen molar-refractivity contribution in [3.05, 3.63) is 23.8 Å². The van der Waals surface area contributed by atoms with Gasteiger partial charge in [-0.15, -0.1) is 11.6 Å². The Hall–Kier alpha value is -2.02. The Morgan fingerprint density at radius 1 is 1.57 bits per heavy atom. The van der Waals surface area contributed by atoms with E-state index >= 15 is 0 Å². The second-order valence-corrected chi connectivity index (χ2v) is 4.76. The molecule has 21 heavy (non-hydrogen) atoms. The maximum Gasteiger partial charge on any atom is 0.312 e. The third-order valence-electron chi connectivity index (χ3n) is 3.05. The molecule has 6 nitrogen and oxygen atoms in total. The number of aryl methyl sites for hydroxylation is 1. The number of benzene rings is 1. The minimum Gasteiger partial charge on any atom is -0.494 e. The second-order valence-electron chi connectivity index (χ2n) is 4.39. The van der Waals surface area contributed by atoms with Gasteiger partial charge in [0.05, 0.1) is 18.1 Å². The Balaban J connectivity index is 2.42. The lowest BCUT2D eigenvalue weighted by Crippen LogP contribution is -2.32. The third-order valence-corrected chi connectivity index (χ3v) is 3.24. The standard InChI is InChI=1S/C13H16ClFN4O2/c1-21-11-7-10-9(6-8(11)15)18-12(2-3-14)19(10)5-4-17-13(16)20/h6-7H,2-5H2,1H3,(H3,16,17,20). The number of carbonyl (C=O) groups is 1. The zero-order chi connectivity index (χ0) is 15.4. The number of rotatable bonds is 6. The quantitative estimate of drug-likeness (QED) is 0.795. The summed E-state index contributed by atoms with van der Waals surface area (Å²) in [5.41, 5.74) is 6.28. The lowest BCUT2D eigenvalue weighted by atomic mass is 10.3. The monoisotopic (exact) mass is 314 g/mol. The van der Waals surface area contributed by atoms with Crippen molar-refractivity contribution >= 4 is 28.7 Å². The number of carbonyl (C=O) groups excluding carboxylic acids is 1. The number of imidazole rings is 1. The molecule has 114 valence electrons. The zero-order valence-corrected chi connectivity index (χ0v) is 12.3. The Morgan fingerprint density at radius 2 is 2.33 bits per heavy atom. The number of nitrogens with one attached hydrogen (secondary N) is 1. The van der Waals surface area contributed by atoms with Crippen LogP contribution in [0.4, 0.5) is 9.18 Å². The first-order valence-corrected chi connectivity index (χ1v) is 6.92. The summed E-state index contributed by atoms with van der Waals surface area (Å²) in [6.45, 7) is 0.802. The normalized spacial score (nSPS) is 10.8. The van der Waals surface area contributed by atoms with E-state index in [2.05, 4.69) is 10.3 Å². The van der Waals surface area contributed by atoms with Crippen LogP contribution >= 0.6 is 11.6 Å². The number of hydrogen-bond acceptors (Lipinski definition) is 3. The van der Waals surface area contributed by atoms with Gasteiger partial charge < -0.3 is 20.4 Å². The fourth-order valence-electron chi connectivity index (χ4n) is 2.15. The number of ether oxygens (including phenoxy) is 1. The number of nitrogens with zero attached hydrogens (tertiary/aromatic N) is 2. The van der Waals surface area contributed by atoms with E-state index in [1.807, 2.05) is 4.57 Å². The van der Waals surface area contributed by atoms with Crippen molar-refractivity contribution < 1.29 is 13.9 Å². The lowest BCUT2D eigenvalue weighted by Gasteiger charge is -2.09. The smallest absolute Gasteiger partial charge is 0.312 e. The van der Waals surface area contributed by atoms with Gasteiger partial charge in [0, 0.05) is 37.5 Å². The van der Waals surface area contributed by atoms with Crippen LogP contribution < -0.4 is 15.8 Å². The summed E-state index contributed by atoms with van der Waals surface area (Å²) >= 11 is 5.77. The topological polar surface area (TPSA) is 82.2 Å². The molecule has 0 aliphatic heterocycles. The molecule has 0 aliphatic rings. The minimum atomic E-state index is -0.595. The SMILES string of the molecule is COc1cc2c(cc1F)nc(CCCl)n2CCNC(N)=O. The van der Waals surface area contributed by atoms with Crippen molar-refractivity contribution in [1.82, 2.24) is 14.9 Å². The summed E-state index contributed by atoms with van der Waals surface area (Å²) in [5.74, 6) is 0.789. The fourth-order valence-corrected chi connectivity index (χ4v) is 2.32. The summed E-state index contributed by atoms with van der Waals surface area (Å²) < 4.78 is 20.6. The van der Waals surface area contributed by atoms with Crippen LogP contribution in [0, 0.1) is 5.82 Å². The van der Waals surface area contributed by atoms with E-state index in [9.17, 15) is 9.18 Å². The average Bonchev–Trinajstić information content (AvgIpc) is 2.75. The number of alkyl halides is 1. The average molecular weight is 315 g/mol. The van der Waals surface area contributed by atoms with Crippen LogP contribution in [0.2, 0.25) is 0 Å². The lowest BCUT2D eigenvalue weighted by molar-refractivity contribution is 0.248. The maximum absolute atomic E-state index is 13.7. The zero-order valence-electron chi connectivity index (χ0n) is 11.5. The fraction of sp³-hybridized carbons (Fsp3) is 0.385. The van der Waals surface area contributed by atoms with Crippen LogP contribution in [-0.2, 0) is 13.0 Å². The number of nitrogens with two attached hydrogens (primary N) is 1. The highest BCUT2D eigenvalue weighted by Crippen LogP contribution is 2.25. The molecule has 0 atom stereocenters. The predicted octanol–water partition coefficient (Wildman–Crippen LogP) is 1.63. The molecule has 0 unspecified atom stereocenters. The molecule has 0 fully saturated rings. The molecule has 0 radical (unpaired) electrons. The van der Waals surface area contributed by atoms with Crippen molar-refractivity contribution in [3.8, 4) is 5.75 Å². The molecule has 2 rings (SSSR count). The maximum atomic E-state index is 13.7. The largest absolute Gasteiger partial charge is 0.494 e. The number of aromatic nitrogens is 2. The molecule has 0 saturated carbocycles.